The Balaban J connectivity index is 2.06. The Morgan fingerprint density at radius 1 is 1.16 bits per heavy atom. The third kappa shape index (κ3) is 5.60. The van der Waals surface area contributed by atoms with Crippen LogP contribution in [-0.4, -0.2) is 23.2 Å². The van der Waals surface area contributed by atoms with E-state index >= 15 is 0 Å². The van der Waals surface area contributed by atoms with E-state index in [-0.39, 0.29) is 12.5 Å². The summed E-state index contributed by atoms with van der Waals surface area (Å²) in [5, 5.41) is 12.0. The molecule has 0 saturated heterocycles. The zero-order valence-corrected chi connectivity index (χ0v) is 15.4. The lowest BCUT2D eigenvalue weighted by Crippen LogP contribution is -2.45. The van der Waals surface area contributed by atoms with Gasteiger partial charge in [0.2, 0.25) is 0 Å². The lowest BCUT2D eigenvalue weighted by molar-refractivity contribution is -0.140. The maximum absolute atomic E-state index is 12.0. The van der Waals surface area contributed by atoms with E-state index in [1.54, 1.807) is 0 Å². The summed E-state index contributed by atoms with van der Waals surface area (Å²) in [5.41, 5.74) is 1.68. The Hall–Kier alpha value is -2.34. The quantitative estimate of drug-likeness (QED) is 0.718. The number of alkyl carbamates (subject to hydrolysis) is 1. The fourth-order valence-electron chi connectivity index (χ4n) is 2.63. The minimum Gasteiger partial charge on any atom is -0.480 e. The SMILES string of the molecule is CCC(c1cccc(Br)c1)C(NC(=O)OCc1ccccc1)C(=O)O. The number of carboxylic acid groups (broad SMARTS) is 1. The van der Waals surface area contributed by atoms with Crippen LogP contribution in [0.15, 0.2) is 59.1 Å². The molecular weight excluding hydrogens is 386 g/mol. The average molecular weight is 406 g/mol. The number of halogens is 1. The van der Waals surface area contributed by atoms with Crippen LogP contribution >= 0.6 is 15.9 Å². The fourth-order valence-corrected chi connectivity index (χ4v) is 3.04. The molecule has 0 heterocycles. The predicted molar refractivity (Wildman–Crippen MR) is 98.4 cm³/mol. The largest absolute Gasteiger partial charge is 0.480 e. The number of rotatable bonds is 7. The molecule has 5 nitrogen and oxygen atoms in total. The van der Waals surface area contributed by atoms with E-state index < -0.39 is 18.1 Å². The molecule has 2 aromatic rings. The van der Waals surface area contributed by atoms with Gasteiger partial charge < -0.3 is 15.2 Å². The Morgan fingerprint density at radius 3 is 2.48 bits per heavy atom. The molecule has 0 bridgehead atoms. The first-order valence-corrected chi connectivity index (χ1v) is 8.76. The van der Waals surface area contributed by atoms with Crippen LogP contribution in [0.5, 0.6) is 0 Å². The highest BCUT2D eigenvalue weighted by Gasteiger charge is 2.30. The summed E-state index contributed by atoms with van der Waals surface area (Å²) in [5.74, 6) is -1.46. The van der Waals surface area contributed by atoms with Crippen LogP contribution in [-0.2, 0) is 16.1 Å². The number of nitrogens with one attached hydrogen (secondary N) is 1. The van der Waals surface area contributed by atoms with Crippen LogP contribution in [0.1, 0.15) is 30.4 Å². The number of carbonyl (C=O) groups excluding carboxylic acids is 1. The molecule has 0 radical (unpaired) electrons. The first kappa shape index (κ1) is 19.0. The van der Waals surface area contributed by atoms with E-state index in [4.69, 9.17) is 4.74 Å². The van der Waals surface area contributed by atoms with Crippen molar-refractivity contribution in [2.75, 3.05) is 0 Å². The highest BCUT2D eigenvalue weighted by Crippen LogP contribution is 2.26. The van der Waals surface area contributed by atoms with Gasteiger partial charge in [-0.25, -0.2) is 9.59 Å². The standard InChI is InChI=1S/C19H20BrNO4/c1-2-16(14-9-6-10-15(20)11-14)17(18(22)23)21-19(24)25-12-13-7-4-3-5-8-13/h3-11,16-17H,2,12H2,1H3,(H,21,24)(H,22,23). The zero-order valence-electron chi connectivity index (χ0n) is 13.8. The van der Waals surface area contributed by atoms with Crippen molar-refractivity contribution in [2.24, 2.45) is 0 Å². The van der Waals surface area contributed by atoms with E-state index in [0.717, 1.165) is 15.6 Å². The monoisotopic (exact) mass is 405 g/mol. The van der Waals surface area contributed by atoms with E-state index in [1.165, 1.54) is 0 Å². The normalized spacial score (nSPS) is 12.9. The fraction of sp³-hybridized carbons (Fsp3) is 0.263. The summed E-state index contributed by atoms with van der Waals surface area (Å²) in [7, 11) is 0. The van der Waals surface area contributed by atoms with Gasteiger partial charge in [-0.2, -0.15) is 0 Å². The van der Waals surface area contributed by atoms with Gasteiger partial charge in [-0.15, -0.1) is 0 Å². The Kier molecular flexibility index (Phi) is 7.01. The highest BCUT2D eigenvalue weighted by atomic mass is 79.9. The van der Waals surface area contributed by atoms with Gasteiger partial charge in [-0.3, -0.25) is 0 Å². The van der Waals surface area contributed by atoms with Crippen LogP contribution < -0.4 is 5.32 Å². The molecule has 132 valence electrons. The van der Waals surface area contributed by atoms with Crippen LogP contribution in [0, 0.1) is 0 Å². The summed E-state index contributed by atoms with van der Waals surface area (Å²) in [4.78, 5) is 23.7. The van der Waals surface area contributed by atoms with Crippen LogP contribution in [0.3, 0.4) is 0 Å². The van der Waals surface area contributed by atoms with Gasteiger partial charge in [-0.1, -0.05) is 65.3 Å². The molecule has 0 fully saturated rings. The third-order valence-corrected chi connectivity index (χ3v) is 4.36. The molecule has 0 saturated carbocycles. The van der Waals surface area contributed by atoms with Gasteiger partial charge in [0, 0.05) is 10.4 Å². The van der Waals surface area contributed by atoms with Gasteiger partial charge >= 0.3 is 12.1 Å². The molecule has 0 aromatic heterocycles. The lowest BCUT2D eigenvalue weighted by atomic mass is 9.89. The molecular formula is C19H20BrNO4. The molecule has 0 aliphatic carbocycles. The van der Waals surface area contributed by atoms with Crippen molar-refractivity contribution < 1.29 is 19.4 Å². The van der Waals surface area contributed by atoms with Crippen molar-refractivity contribution in [3.05, 3.63) is 70.2 Å². The number of carboxylic acids is 1. The average Bonchev–Trinajstić information content (AvgIpc) is 2.60. The maximum Gasteiger partial charge on any atom is 0.408 e. The minimum atomic E-state index is -1.09. The number of aliphatic carboxylic acids is 1. The molecule has 2 rings (SSSR count). The second kappa shape index (κ2) is 9.22. The molecule has 0 aliphatic heterocycles. The van der Waals surface area contributed by atoms with Crippen molar-refractivity contribution >= 4 is 28.0 Å². The summed E-state index contributed by atoms with van der Waals surface area (Å²) in [6.45, 7) is 1.98. The molecule has 2 atom stereocenters. The van der Waals surface area contributed by atoms with Crippen molar-refractivity contribution in [3.8, 4) is 0 Å². The van der Waals surface area contributed by atoms with Gasteiger partial charge in [0.15, 0.2) is 0 Å². The summed E-state index contributed by atoms with van der Waals surface area (Å²) >= 11 is 3.39. The van der Waals surface area contributed by atoms with Crippen LogP contribution in [0.4, 0.5) is 4.79 Å². The number of ether oxygens (including phenoxy) is 1. The van der Waals surface area contributed by atoms with E-state index in [1.807, 2.05) is 61.5 Å². The van der Waals surface area contributed by atoms with Gasteiger partial charge in [0.25, 0.3) is 0 Å². The van der Waals surface area contributed by atoms with Crippen molar-refractivity contribution in [1.82, 2.24) is 5.32 Å². The van der Waals surface area contributed by atoms with E-state index in [0.29, 0.717) is 6.42 Å². The lowest BCUT2D eigenvalue weighted by Gasteiger charge is -2.24. The zero-order chi connectivity index (χ0) is 18.2. The predicted octanol–water partition coefficient (Wildman–Crippen LogP) is 4.32. The Morgan fingerprint density at radius 2 is 1.88 bits per heavy atom. The highest BCUT2D eigenvalue weighted by molar-refractivity contribution is 9.10. The summed E-state index contributed by atoms with van der Waals surface area (Å²) < 4.78 is 6.00. The van der Waals surface area contributed by atoms with Crippen molar-refractivity contribution in [1.29, 1.82) is 0 Å². The number of hydrogen-bond donors (Lipinski definition) is 2. The van der Waals surface area contributed by atoms with E-state index in [2.05, 4.69) is 21.2 Å². The summed E-state index contributed by atoms with van der Waals surface area (Å²) in [6, 6.07) is 15.6. The molecule has 0 aliphatic rings. The van der Waals surface area contributed by atoms with Gasteiger partial charge in [-0.05, 0) is 29.7 Å². The van der Waals surface area contributed by atoms with Gasteiger partial charge in [0.05, 0.1) is 0 Å². The Bertz CT molecular complexity index is 720. The number of hydrogen-bond acceptors (Lipinski definition) is 3. The smallest absolute Gasteiger partial charge is 0.408 e. The molecule has 25 heavy (non-hydrogen) atoms. The number of carbonyl (C=O) groups is 2. The maximum atomic E-state index is 12.0. The van der Waals surface area contributed by atoms with Crippen molar-refractivity contribution in [3.63, 3.8) is 0 Å². The number of benzene rings is 2. The first-order valence-electron chi connectivity index (χ1n) is 7.96. The third-order valence-electron chi connectivity index (χ3n) is 3.87. The second-order valence-electron chi connectivity index (χ2n) is 5.59. The molecule has 6 heteroatoms. The second-order valence-corrected chi connectivity index (χ2v) is 6.51. The molecule has 2 aromatic carbocycles. The Labute approximate surface area is 155 Å². The van der Waals surface area contributed by atoms with Gasteiger partial charge in [0.1, 0.15) is 12.6 Å². The topological polar surface area (TPSA) is 75.6 Å². The summed E-state index contributed by atoms with van der Waals surface area (Å²) in [6.07, 6.45) is -0.184. The molecule has 2 N–H and O–H groups in total. The minimum absolute atomic E-state index is 0.0900. The van der Waals surface area contributed by atoms with E-state index in [9.17, 15) is 14.7 Å². The molecule has 0 spiro atoms. The van der Waals surface area contributed by atoms with Crippen LogP contribution in [0.2, 0.25) is 0 Å². The number of amides is 1. The van der Waals surface area contributed by atoms with Crippen LogP contribution in [0.25, 0.3) is 0 Å². The molecule has 2 unspecified atom stereocenters. The first-order chi connectivity index (χ1) is 12.0. The van der Waals surface area contributed by atoms with Crippen molar-refractivity contribution in [2.45, 2.75) is 31.9 Å². The molecule has 1 amide bonds.